The summed E-state index contributed by atoms with van der Waals surface area (Å²) in [6, 6.07) is 4.33. The Morgan fingerprint density at radius 3 is 2.11 bits per heavy atom. The summed E-state index contributed by atoms with van der Waals surface area (Å²) in [6.07, 6.45) is 0.231. The molecule has 2 atom stereocenters. The second-order valence-electron chi connectivity index (χ2n) is 6.85. The molecule has 0 saturated carbocycles. The summed E-state index contributed by atoms with van der Waals surface area (Å²) in [5, 5.41) is 0. The van der Waals surface area contributed by atoms with E-state index in [4.69, 9.17) is 0 Å². The number of sulfonamides is 2. The molecule has 0 radical (unpaired) electrons. The number of hydrogen-bond donors (Lipinski definition) is 0. The Morgan fingerprint density at radius 1 is 1.07 bits per heavy atom. The highest BCUT2D eigenvalue weighted by molar-refractivity contribution is 7.94. The number of sulfone groups is 1. The number of carbonyl (C=O) groups is 1. The molecular weight excluding hydrogens is 416 g/mol. The van der Waals surface area contributed by atoms with Crippen LogP contribution in [-0.4, -0.2) is 65.8 Å². The lowest BCUT2D eigenvalue weighted by Gasteiger charge is -2.23. The second kappa shape index (κ2) is 6.54. The second-order valence-corrected chi connectivity index (χ2v) is 12.9. The van der Waals surface area contributed by atoms with Gasteiger partial charge in [0.15, 0.2) is 9.84 Å². The molecule has 0 bridgehead atoms. The minimum atomic E-state index is -3.95. The van der Waals surface area contributed by atoms with Gasteiger partial charge in [-0.1, -0.05) is 6.92 Å². The predicted octanol–water partition coefficient (Wildman–Crippen LogP) is -0.193. The third-order valence-electron chi connectivity index (χ3n) is 4.83. The zero-order valence-electron chi connectivity index (χ0n) is 14.8. The van der Waals surface area contributed by atoms with Crippen molar-refractivity contribution in [1.29, 1.82) is 0 Å². The number of hydrogen-bond acceptors (Lipinski definition) is 7. The minimum Gasteiger partial charge on any atom is -0.273 e. The van der Waals surface area contributed by atoms with E-state index in [9.17, 15) is 30.0 Å². The highest BCUT2D eigenvalue weighted by atomic mass is 32.2. The van der Waals surface area contributed by atoms with Crippen LogP contribution in [0.4, 0.5) is 5.69 Å². The molecule has 0 unspecified atom stereocenters. The molecule has 0 spiro atoms. The molecule has 1 amide bonds. The Hall–Kier alpha value is -1.50. The average Bonchev–Trinajstić information content (AvgIpc) is 3.02. The first kappa shape index (κ1) is 20.2. The first-order valence-electron chi connectivity index (χ1n) is 8.20. The Balaban J connectivity index is 1.88. The highest BCUT2D eigenvalue weighted by Crippen LogP contribution is 2.30. The van der Waals surface area contributed by atoms with Crippen LogP contribution in [0, 0.1) is 5.92 Å². The molecule has 3 rings (SSSR count). The molecule has 2 aliphatic heterocycles. The first-order chi connectivity index (χ1) is 12.3. The maximum Gasteiger partial charge on any atom is 0.244 e. The molecular formula is C15H20N2O7S3. The van der Waals surface area contributed by atoms with E-state index in [0.29, 0.717) is 4.31 Å². The standard InChI is InChI=1S/C15H20N2O7S3/c1-11-9-26(21,22)17(15(11)18)12-3-5-14(6-4-12)27(23,24)16(2)13-7-8-25(19,20)10-13/h3-6,11,13H,7-10H2,1-2H3/t11-,13+/m0/s1. The van der Waals surface area contributed by atoms with Crippen molar-refractivity contribution in [2.45, 2.75) is 24.3 Å². The quantitative estimate of drug-likeness (QED) is 0.640. The lowest BCUT2D eigenvalue weighted by molar-refractivity contribution is -0.119. The lowest BCUT2D eigenvalue weighted by Crippen LogP contribution is -2.37. The summed E-state index contributed by atoms with van der Waals surface area (Å²) < 4.78 is 74.7. The van der Waals surface area contributed by atoms with Crippen molar-refractivity contribution in [3.05, 3.63) is 24.3 Å². The van der Waals surface area contributed by atoms with Crippen LogP contribution in [-0.2, 0) is 34.7 Å². The van der Waals surface area contributed by atoms with Gasteiger partial charge in [0.25, 0.3) is 0 Å². The number of nitrogens with zero attached hydrogens (tertiary/aromatic N) is 2. The highest BCUT2D eigenvalue weighted by Gasteiger charge is 2.42. The zero-order chi connectivity index (χ0) is 20.2. The van der Waals surface area contributed by atoms with Crippen LogP contribution in [0.25, 0.3) is 0 Å². The first-order valence-corrected chi connectivity index (χ1v) is 13.1. The van der Waals surface area contributed by atoms with Crippen molar-refractivity contribution in [2.24, 2.45) is 5.92 Å². The molecule has 27 heavy (non-hydrogen) atoms. The molecule has 150 valence electrons. The van der Waals surface area contributed by atoms with Crippen LogP contribution in [0.2, 0.25) is 0 Å². The summed E-state index contributed by atoms with van der Waals surface area (Å²) in [5.41, 5.74) is 0.0781. The molecule has 9 nitrogen and oxygen atoms in total. The maximum absolute atomic E-state index is 12.7. The molecule has 2 heterocycles. The van der Waals surface area contributed by atoms with Gasteiger partial charge in [-0.25, -0.2) is 29.6 Å². The topological polar surface area (TPSA) is 126 Å². The van der Waals surface area contributed by atoms with Crippen LogP contribution in [0.3, 0.4) is 0 Å². The summed E-state index contributed by atoms with van der Waals surface area (Å²) in [5.74, 6) is -1.78. The lowest BCUT2D eigenvalue weighted by atomic mass is 10.2. The molecule has 0 N–H and O–H groups in total. The molecule has 0 aromatic heterocycles. The van der Waals surface area contributed by atoms with Crippen LogP contribution in [0.15, 0.2) is 29.2 Å². The fraction of sp³-hybridized carbons (Fsp3) is 0.533. The van der Waals surface area contributed by atoms with E-state index in [-0.39, 0.29) is 34.3 Å². The van der Waals surface area contributed by atoms with Crippen molar-refractivity contribution in [3.63, 3.8) is 0 Å². The van der Waals surface area contributed by atoms with Crippen molar-refractivity contribution >= 4 is 41.5 Å². The maximum atomic E-state index is 12.7. The average molecular weight is 437 g/mol. The van der Waals surface area contributed by atoms with Gasteiger partial charge in [0, 0.05) is 13.1 Å². The normalized spacial score (nSPS) is 27.4. The van der Waals surface area contributed by atoms with Crippen molar-refractivity contribution in [2.75, 3.05) is 28.6 Å². The van der Waals surface area contributed by atoms with Crippen molar-refractivity contribution < 1.29 is 30.0 Å². The summed E-state index contributed by atoms with van der Waals surface area (Å²) in [4.78, 5) is 12.0. The summed E-state index contributed by atoms with van der Waals surface area (Å²) in [6.45, 7) is 1.52. The third kappa shape index (κ3) is 3.62. The molecule has 1 aromatic carbocycles. The van der Waals surface area contributed by atoms with Gasteiger partial charge in [-0.3, -0.25) is 4.79 Å². The fourth-order valence-corrected chi connectivity index (χ4v) is 8.34. The van der Waals surface area contributed by atoms with Gasteiger partial charge in [0.1, 0.15) is 0 Å². The molecule has 1 aromatic rings. The van der Waals surface area contributed by atoms with Gasteiger partial charge in [0.05, 0.1) is 33.8 Å². The Bertz CT molecular complexity index is 1080. The minimum absolute atomic E-state index is 0.0520. The predicted molar refractivity (Wildman–Crippen MR) is 98.9 cm³/mol. The van der Waals surface area contributed by atoms with Crippen LogP contribution < -0.4 is 4.31 Å². The molecule has 2 saturated heterocycles. The molecule has 12 heteroatoms. The number of rotatable bonds is 4. The number of benzene rings is 1. The van der Waals surface area contributed by atoms with E-state index < -0.39 is 47.8 Å². The smallest absolute Gasteiger partial charge is 0.244 e. The summed E-state index contributed by atoms with van der Waals surface area (Å²) >= 11 is 0. The molecule has 0 aliphatic carbocycles. The van der Waals surface area contributed by atoms with E-state index in [2.05, 4.69) is 0 Å². The van der Waals surface area contributed by atoms with E-state index in [1.165, 1.54) is 38.2 Å². The van der Waals surface area contributed by atoms with E-state index in [0.717, 1.165) is 4.31 Å². The Kier molecular flexibility index (Phi) is 4.90. The zero-order valence-corrected chi connectivity index (χ0v) is 17.2. The van der Waals surface area contributed by atoms with E-state index in [1.54, 1.807) is 0 Å². The van der Waals surface area contributed by atoms with Gasteiger partial charge in [-0.15, -0.1) is 0 Å². The summed E-state index contributed by atoms with van der Waals surface area (Å²) in [7, 11) is -9.64. The SMILES string of the molecule is C[C@H]1CS(=O)(=O)N(c2ccc(S(=O)(=O)N(C)[C@@H]3CCS(=O)(=O)C3)cc2)C1=O. The van der Waals surface area contributed by atoms with Gasteiger partial charge in [-0.2, -0.15) is 4.31 Å². The van der Waals surface area contributed by atoms with Crippen molar-refractivity contribution in [1.82, 2.24) is 4.31 Å². The van der Waals surface area contributed by atoms with E-state index >= 15 is 0 Å². The number of carbonyl (C=O) groups excluding carboxylic acids is 1. The molecule has 2 fully saturated rings. The van der Waals surface area contributed by atoms with Crippen LogP contribution in [0.5, 0.6) is 0 Å². The monoisotopic (exact) mass is 436 g/mol. The Morgan fingerprint density at radius 2 is 1.67 bits per heavy atom. The van der Waals surface area contributed by atoms with Gasteiger partial charge in [0.2, 0.25) is 26.0 Å². The van der Waals surface area contributed by atoms with Crippen LogP contribution >= 0.6 is 0 Å². The Labute approximate surface area is 159 Å². The van der Waals surface area contributed by atoms with Gasteiger partial charge < -0.3 is 0 Å². The molecule has 2 aliphatic rings. The van der Waals surface area contributed by atoms with E-state index in [1.807, 2.05) is 0 Å². The largest absolute Gasteiger partial charge is 0.273 e. The van der Waals surface area contributed by atoms with Gasteiger partial charge in [-0.05, 0) is 30.7 Å². The van der Waals surface area contributed by atoms with Crippen molar-refractivity contribution in [3.8, 4) is 0 Å². The fourth-order valence-electron chi connectivity index (χ4n) is 3.27. The number of amides is 1. The number of anilines is 1. The third-order valence-corrected chi connectivity index (χ3v) is 10.4. The van der Waals surface area contributed by atoms with Crippen LogP contribution in [0.1, 0.15) is 13.3 Å². The van der Waals surface area contributed by atoms with Gasteiger partial charge >= 0.3 is 0 Å².